The third-order valence-corrected chi connectivity index (χ3v) is 3.19. The largest absolute Gasteiger partial charge is 0.494 e. The lowest BCUT2D eigenvalue weighted by molar-refractivity contribution is 0.340. The summed E-state index contributed by atoms with van der Waals surface area (Å²) in [6.45, 7) is 4.75. The van der Waals surface area contributed by atoms with E-state index in [-0.39, 0.29) is 6.04 Å². The molecule has 2 aromatic rings. The minimum atomic E-state index is -0.140. The van der Waals surface area contributed by atoms with Gasteiger partial charge in [-0.3, -0.25) is 4.98 Å². The Hall–Kier alpha value is -1.87. The number of rotatable bonds is 5. The van der Waals surface area contributed by atoms with E-state index in [9.17, 15) is 0 Å². The lowest BCUT2D eigenvalue weighted by Crippen LogP contribution is -2.14. The Morgan fingerprint density at radius 1 is 1.26 bits per heavy atom. The number of pyridine rings is 1. The highest BCUT2D eigenvalue weighted by Crippen LogP contribution is 2.25. The molecule has 100 valence electrons. The van der Waals surface area contributed by atoms with Crippen molar-refractivity contribution in [2.45, 2.75) is 26.3 Å². The van der Waals surface area contributed by atoms with E-state index in [1.165, 1.54) is 5.56 Å². The molecule has 0 fully saturated rings. The molecule has 0 aliphatic heterocycles. The normalized spacial score (nSPS) is 12.2. The zero-order valence-electron chi connectivity index (χ0n) is 11.5. The smallest absolute Gasteiger partial charge is 0.119 e. The van der Waals surface area contributed by atoms with Gasteiger partial charge in [0.25, 0.3) is 0 Å². The molecule has 19 heavy (non-hydrogen) atoms. The van der Waals surface area contributed by atoms with E-state index in [0.29, 0.717) is 6.61 Å². The van der Waals surface area contributed by atoms with Crippen LogP contribution in [-0.2, 0) is 6.42 Å². The van der Waals surface area contributed by atoms with Crippen molar-refractivity contribution >= 4 is 0 Å². The van der Waals surface area contributed by atoms with E-state index in [1.807, 2.05) is 43.5 Å². The fourth-order valence-corrected chi connectivity index (χ4v) is 2.18. The number of ether oxygens (including phenoxy) is 1. The molecular weight excluding hydrogens is 236 g/mol. The topological polar surface area (TPSA) is 48.1 Å². The third-order valence-electron chi connectivity index (χ3n) is 3.19. The minimum Gasteiger partial charge on any atom is -0.494 e. The van der Waals surface area contributed by atoms with Gasteiger partial charge in [-0.05, 0) is 48.2 Å². The molecule has 2 rings (SSSR count). The second-order valence-corrected chi connectivity index (χ2v) is 4.41. The molecule has 1 heterocycles. The first-order valence-corrected chi connectivity index (χ1v) is 6.67. The summed E-state index contributed by atoms with van der Waals surface area (Å²) in [6.07, 6.45) is 4.62. The van der Waals surface area contributed by atoms with Crippen LogP contribution in [0, 0.1) is 0 Å². The van der Waals surface area contributed by atoms with Crippen LogP contribution < -0.4 is 10.5 Å². The maximum Gasteiger partial charge on any atom is 0.119 e. The Bertz CT molecular complexity index is 540. The number of nitrogens with zero attached hydrogens (tertiary/aromatic N) is 1. The second kappa shape index (κ2) is 6.34. The highest BCUT2D eigenvalue weighted by Gasteiger charge is 2.13. The Morgan fingerprint density at radius 2 is 2.11 bits per heavy atom. The maximum atomic E-state index is 6.37. The monoisotopic (exact) mass is 256 g/mol. The third kappa shape index (κ3) is 3.12. The van der Waals surface area contributed by atoms with Crippen molar-refractivity contribution in [1.82, 2.24) is 4.98 Å². The molecule has 1 unspecified atom stereocenters. The molecule has 0 amide bonds. The van der Waals surface area contributed by atoms with Gasteiger partial charge in [-0.2, -0.15) is 0 Å². The molecule has 3 heteroatoms. The van der Waals surface area contributed by atoms with Gasteiger partial charge in [0.15, 0.2) is 0 Å². The quantitative estimate of drug-likeness (QED) is 0.894. The van der Waals surface area contributed by atoms with E-state index < -0.39 is 0 Å². The van der Waals surface area contributed by atoms with Crippen molar-refractivity contribution in [3.05, 3.63) is 59.4 Å². The fourth-order valence-electron chi connectivity index (χ4n) is 2.18. The Labute approximate surface area is 114 Å². The van der Waals surface area contributed by atoms with Crippen LogP contribution in [0.5, 0.6) is 5.75 Å². The van der Waals surface area contributed by atoms with Crippen LogP contribution in [0.2, 0.25) is 0 Å². The summed E-state index contributed by atoms with van der Waals surface area (Å²) in [5.74, 6) is 0.863. The van der Waals surface area contributed by atoms with E-state index >= 15 is 0 Å². The summed E-state index contributed by atoms with van der Waals surface area (Å²) >= 11 is 0. The van der Waals surface area contributed by atoms with Gasteiger partial charge < -0.3 is 10.5 Å². The van der Waals surface area contributed by atoms with Crippen LogP contribution >= 0.6 is 0 Å². The Morgan fingerprint density at radius 3 is 2.84 bits per heavy atom. The molecule has 0 radical (unpaired) electrons. The highest BCUT2D eigenvalue weighted by atomic mass is 16.5. The minimum absolute atomic E-state index is 0.140. The van der Waals surface area contributed by atoms with Crippen LogP contribution in [0.25, 0.3) is 0 Å². The molecule has 0 bridgehead atoms. The SMILES string of the molecule is CCOc1cccc(C(N)c2ccncc2CC)c1. The second-order valence-electron chi connectivity index (χ2n) is 4.41. The van der Waals surface area contributed by atoms with Gasteiger partial charge in [-0.15, -0.1) is 0 Å². The van der Waals surface area contributed by atoms with E-state index in [4.69, 9.17) is 10.5 Å². The Balaban J connectivity index is 2.32. The molecule has 1 aromatic heterocycles. The highest BCUT2D eigenvalue weighted by molar-refractivity contribution is 5.38. The lowest BCUT2D eigenvalue weighted by atomic mass is 9.95. The van der Waals surface area contributed by atoms with Crippen LogP contribution in [0.4, 0.5) is 0 Å². The summed E-state index contributed by atoms with van der Waals surface area (Å²) < 4.78 is 5.52. The molecular formula is C16H20N2O. The zero-order valence-corrected chi connectivity index (χ0v) is 11.5. The molecule has 0 aliphatic carbocycles. The van der Waals surface area contributed by atoms with Gasteiger partial charge in [0.2, 0.25) is 0 Å². The van der Waals surface area contributed by atoms with E-state index in [2.05, 4.69) is 11.9 Å². The fraction of sp³-hybridized carbons (Fsp3) is 0.312. The van der Waals surface area contributed by atoms with Crippen molar-refractivity contribution in [2.24, 2.45) is 5.73 Å². The van der Waals surface area contributed by atoms with Crippen LogP contribution in [-0.4, -0.2) is 11.6 Å². The standard InChI is InChI=1S/C16H20N2O/c1-3-12-11-18-9-8-15(12)16(17)13-6-5-7-14(10-13)19-4-2/h5-11,16H,3-4,17H2,1-2H3. The van der Waals surface area contributed by atoms with Crippen molar-refractivity contribution in [1.29, 1.82) is 0 Å². The number of aromatic nitrogens is 1. The maximum absolute atomic E-state index is 6.37. The van der Waals surface area contributed by atoms with Crippen LogP contribution in [0.3, 0.4) is 0 Å². The number of nitrogens with two attached hydrogens (primary N) is 1. The number of aryl methyl sites for hydroxylation is 1. The summed E-state index contributed by atoms with van der Waals surface area (Å²) in [5, 5.41) is 0. The van der Waals surface area contributed by atoms with Gasteiger partial charge in [0.1, 0.15) is 5.75 Å². The molecule has 0 saturated heterocycles. The molecule has 2 N–H and O–H groups in total. The molecule has 1 atom stereocenters. The van der Waals surface area contributed by atoms with Gasteiger partial charge in [-0.1, -0.05) is 19.1 Å². The predicted molar refractivity (Wildman–Crippen MR) is 77.3 cm³/mol. The first kappa shape index (κ1) is 13.6. The first-order valence-electron chi connectivity index (χ1n) is 6.67. The van der Waals surface area contributed by atoms with Crippen LogP contribution in [0.15, 0.2) is 42.7 Å². The number of hydrogen-bond acceptors (Lipinski definition) is 3. The van der Waals surface area contributed by atoms with Crippen molar-refractivity contribution < 1.29 is 4.74 Å². The summed E-state index contributed by atoms with van der Waals surface area (Å²) in [4.78, 5) is 4.16. The van der Waals surface area contributed by atoms with E-state index in [0.717, 1.165) is 23.3 Å². The molecule has 1 aromatic carbocycles. The number of benzene rings is 1. The van der Waals surface area contributed by atoms with Crippen molar-refractivity contribution in [2.75, 3.05) is 6.61 Å². The number of hydrogen-bond donors (Lipinski definition) is 1. The summed E-state index contributed by atoms with van der Waals surface area (Å²) in [5.41, 5.74) is 9.76. The molecule has 0 aliphatic rings. The van der Waals surface area contributed by atoms with Gasteiger partial charge in [0.05, 0.1) is 12.6 Å². The van der Waals surface area contributed by atoms with Crippen molar-refractivity contribution in [3.63, 3.8) is 0 Å². The average Bonchev–Trinajstić information content (AvgIpc) is 2.47. The van der Waals surface area contributed by atoms with Gasteiger partial charge in [-0.25, -0.2) is 0 Å². The van der Waals surface area contributed by atoms with Gasteiger partial charge in [0, 0.05) is 12.4 Å². The molecule has 0 spiro atoms. The van der Waals surface area contributed by atoms with Crippen molar-refractivity contribution in [3.8, 4) is 5.75 Å². The van der Waals surface area contributed by atoms with Gasteiger partial charge >= 0.3 is 0 Å². The summed E-state index contributed by atoms with van der Waals surface area (Å²) in [6, 6.07) is 9.83. The zero-order chi connectivity index (χ0) is 13.7. The predicted octanol–water partition coefficient (Wildman–Crippen LogP) is 3.09. The molecule has 0 saturated carbocycles. The first-order chi connectivity index (χ1) is 9.26. The summed E-state index contributed by atoms with van der Waals surface area (Å²) in [7, 11) is 0. The molecule has 3 nitrogen and oxygen atoms in total. The average molecular weight is 256 g/mol. The van der Waals surface area contributed by atoms with E-state index in [1.54, 1.807) is 6.20 Å². The Kier molecular flexibility index (Phi) is 4.53. The van der Waals surface area contributed by atoms with Crippen LogP contribution in [0.1, 0.15) is 36.6 Å². The lowest BCUT2D eigenvalue weighted by Gasteiger charge is -2.16.